The third-order valence-corrected chi connectivity index (χ3v) is 5.16. The molecule has 1 heterocycles. The second-order valence-corrected chi connectivity index (χ2v) is 6.84. The fraction of sp³-hybridized carbons (Fsp3) is 0.318. The number of ether oxygens (including phenoxy) is 2. The van der Waals surface area contributed by atoms with Gasteiger partial charge in [0.1, 0.15) is 0 Å². The monoisotopic (exact) mass is 366 g/mol. The van der Waals surface area contributed by atoms with Crippen LogP contribution in [-0.2, 0) is 6.54 Å². The van der Waals surface area contributed by atoms with Gasteiger partial charge in [0.05, 0.1) is 20.3 Å². The number of benzene rings is 2. The first-order valence-electron chi connectivity index (χ1n) is 8.98. The minimum atomic E-state index is -0.253. The van der Waals surface area contributed by atoms with E-state index >= 15 is 0 Å². The number of nitrogens with one attached hydrogen (secondary N) is 1. The van der Waals surface area contributed by atoms with Crippen molar-refractivity contribution in [3.05, 3.63) is 59.3 Å². The van der Waals surface area contributed by atoms with Gasteiger partial charge in [-0.15, -0.1) is 0 Å². The SMILES string of the molecule is COc1cc(C)c(CN(C)[C@@H](C)C(=O)c2c[nH]c3ccccc23)cc1OC. The number of Topliss-reactive ketones (excluding diaryl/α,β-unsaturated/α-hetero) is 1. The minimum Gasteiger partial charge on any atom is -0.493 e. The van der Waals surface area contributed by atoms with E-state index in [2.05, 4.69) is 9.88 Å². The average Bonchev–Trinajstić information content (AvgIpc) is 3.12. The highest BCUT2D eigenvalue weighted by molar-refractivity contribution is 6.10. The fourth-order valence-electron chi connectivity index (χ4n) is 3.30. The lowest BCUT2D eigenvalue weighted by atomic mass is 10.0. The molecule has 0 aliphatic carbocycles. The van der Waals surface area contributed by atoms with E-state index in [-0.39, 0.29) is 11.8 Å². The maximum absolute atomic E-state index is 13.1. The van der Waals surface area contributed by atoms with E-state index in [1.54, 1.807) is 20.4 Å². The molecular weight excluding hydrogens is 340 g/mol. The number of hydrogen-bond acceptors (Lipinski definition) is 4. The maximum atomic E-state index is 13.1. The molecule has 1 N–H and O–H groups in total. The molecule has 0 radical (unpaired) electrons. The molecule has 3 rings (SSSR count). The molecule has 5 heteroatoms. The highest BCUT2D eigenvalue weighted by Gasteiger charge is 2.23. The predicted octanol–water partition coefficient (Wildman–Crippen LogP) is 4.20. The first-order chi connectivity index (χ1) is 13.0. The van der Waals surface area contributed by atoms with E-state index in [1.807, 2.05) is 57.3 Å². The second-order valence-electron chi connectivity index (χ2n) is 6.84. The third-order valence-electron chi connectivity index (χ3n) is 5.16. The van der Waals surface area contributed by atoms with Crippen molar-refractivity contribution in [1.82, 2.24) is 9.88 Å². The highest BCUT2D eigenvalue weighted by atomic mass is 16.5. The molecule has 0 aliphatic rings. The van der Waals surface area contributed by atoms with Crippen molar-refractivity contribution in [2.45, 2.75) is 26.4 Å². The Morgan fingerprint density at radius 3 is 2.52 bits per heavy atom. The van der Waals surface area contributed by atoms with Crippen molar-refractivity contribution in [2.24, 2.45) is 0 Å². The largest absolute Gasteiger partial charge is 0.493 e. The zero-order valence-electron chi connectivity index (χ0n) is 16.5. The lowest BCUT2D eigenvalue weighted by molar-refractivity contribution is 0.0863. The average molecular weight is 366 g/mol. The summed E-state index contributed by atoms with van der Waals surface area (Å²) in [4.78, 5) is 18.3. The standard InChI is InChI=1S/C22H26N2O3/c1-14-10-20(26-4)21(27-5)11-16(14)13-24(3)15(2)22(25)18-12-23-19-9-7-6-8-17(18)19/h6-12,15,23H,13H2,1-5H3/t15-/m0/s1. The molecule has 0 bridgehead atoms. The van der Waals surface area contributed by atoms with E-state index in [1.165, 1.54) is 0 Å². The molecule has 27 heavy (non-hydrogen) atoms. The van der Waals surface area contributed by atoms with Gasteiger partial charge >= 0.3 is 0 Å². The summed E-state index contributed by atoms with van der Waals surface area (Å²) in [6, 6.07) is 11.6. The molecule has 5 nitrogen and oxygen atoms in total. The van der Waals surface area contributed by atoms with Gasteiger partial charge in [-0.05, 0) is 50.2 Å². The number of carbonyl (C=O) groups is 1. The van der Waals surface area contributed by atoms with E-state index in [9.17, 15) is 4.79 Å². The number of aromatic amines is 1. The van der Waals surface area contributed by atoms with Gasteiger partial charge < -0.3 is 14.5 Å². The van der Waals surface area contributed by atoms with E-state index in [4.69, 9.17) is 9.47 Å². The fourth-order valence-corrected chi connectivity index (χ4v) is 3.30. The summed E-state index contributed by atoms with van der Waals surface area (Å²) in [5.41, 5.74) is 3.92. The number of aromatic nitrogens is 1. The third kappa shape index (κ3) is 3.69. The van der Waals surface area contributed by atoms with E-state index in [0.717, 1.165) is 27.6 Å². The molecule has 0 unspecified atom stereocenters. The van der Waals surface area contributed by atoms with Crippen LogP contribution in [-0.4, -0.2) is 43.0 Å². The normalized spacial score (nSPS) is 12.4. The molecular formula is C22H26N2O3. The van der Waals surface area contributed by atoms with Crippen LogP contribution in [0.4, 0.5) is 0 Å². The summed E-state index contributed by atoms with van der Waals surface area (Å²) >= 11 is 0. The number of aryl methyl sites for hydroxylation is 1. The number of carbonyl (C=O) groups excluding carboxylic acids is 1. The molecule has 0 spiro atoms. The van der Waals surface area contributed by atoms with E-state index in [0.29, 0.717) is 18.0 Å². The van der Waals surface area contributed by atoms with Crippen LogP contribution in [0.3, 0.4) is 0 Å². The van der Waals surface area contributed by atoms with Crippen LogP contribution < -0.4 is 9.47 Å². The predicted molar refractivity (Wildman–Crippen MR) is 108 cm³/mol. The van der Waals surface area contributed by atoms with Crippen LogP contribution in [0, 0.1) is 6.92 Å². The van der Waals surface area contributed by atoms with Crippen molar-refractivity contribution in [3.8, 4) is 11.5 Å². The zero-order chi connectivity index (χ0) is 19.6. The number of H-pyrrole nitrogens is 1. The summed E-state index contributed by atoms with van der Waals surface area (Å²) in [7, 11) is 5.22. The number of fused-ring (bicyclic) bond motifs is 1. The van der Waals surface area contributed by atoms with Crippen LogP contribution in [0.25, 0.3) is 10.9 Å². The Morgan fingerprint density at radius 1 is 1.15 bits per heavy atom. The Labute approximate surface area is 159 Å². The van der Waals surface area contributed by atoms with Gasteiger partial charge in [0, 0.05) is 29.2 Å². The second kappa shape index (κ2) is 7.84. The molecule has 142 valence electrons. The van der Waals surface area contributed by atoms with Crippen LogP contribution in [0.5, 0.6) is 11.5 Å². The smallest absolute Gasteiger partial charge is 0.181 e. The first-order valence-corrected chi connectivity index (χ1v) is 8.98. The lowest BCUT2D eigenvalue weighted by Crippen LogP contribution is -2.35. The molecule has 2 aromatic carbocycles. The number of likely N-dealkylation sites (N-methyl/N-ethyl adjacent to an activating group) is 1. The molecule has 0 amide bonds. The summed E-state index contributed by atoms with van der Waals surface area (Å²) in [5.74, 6) is 1.51. The van der Waals surface area contributed by atoms with Crippen molar-refractivity contribution < 1.29 is 14.3 Å². The van der Waals surface area contributed by atoms with Gasteiger partial charge in [0.25, 0.3) is 0 Å². The summed E-state index contributed by atoms with van der Waals surface area (Å²) in [5, 5.41) is 0.963. The quantitative estimate of drug-likeness (QED) is 0.637. The molecule has 0 saturated carbocycles. The van der Waals surface area contributed by atoms with Crippen molar-refractivity contribution >= 4 is 16.7 Å². The molecule has 0 fully saturated rings. The summed E-state index contributed by atoms with van der Waals surface area (Å²) in [6.07, 6.45) is 1.80. The number of ketones is 1. The van der Waals surface area contributed by atoms with Crippen molar-refractivity contribution in [3.63, 3.8) is 0 Å². The zero-order valence-corrected chi connectivity index (χ0v) is 16.5. The van der Waals surface area contributed by atoms with Crippen LogP contribution >= 0.6 is 0 Å². The topological polar surface area (TPSA) is 54.6 Å². The van der Waals surface area contributed by atoms with Crippen LogP contribution in [0.1, 0.15) is 28.4 Å². The van der Waals surface area contributed by atoms with Gasteiger partial charge in [-0.2, -0.15) is 0 Å². The summed E-state index contributed by atoms with van der Waals surface area (Å²) in [6.45, 7) is 4.62. The lowest BCUT2D eigenvalue weighted by Gasteiger charge is -2.25. The molecule has 1 aromatic heterocycles. The Morgan fingerprint density at radius 2 is 1.81 bits per heavy atom. The highest BCUT2D eigenvalue weighted by Crippen LogP contribution is 2.31. The van der Waals surface area contributed by atoms with Gasteiger partial charge in [0.15, 0.2) is 17.3 Å². The maximum Gasteiger partial charge on any atom is 0.181 e. The molecule has 3 aromatic rings. The summed E-state index contributed by atoms with van der Waals surface area (Å²) < 4.78 is 10.8. The first kappa shape index (κ1) is 19.0. The minimum absolute atomic E-state index is 0.105. The number of rotatable bonds is 7. The van der Waals surface area contributed by atoms with E-state index < -0.39 is 0 Å². The van der Waals surface area contributed by atoms with Crippen LogP contribution in [0.15, 0.2) is 42.6 Å². The Kier molecular flexibility index (Phi) is 5.51. The Balaban J connectivity index is 1.81. The molecule has 0 saturated heterocycles. The molecule has 1 atom stereocenters. The Bertz CT molecular complexity index is 961. The van der Waals surface area contributed by atoms with Crippen molar-refractivity contribution in [2.75, 3.05) is 21.3 Å². The van der Waals surface area contributed by atoms with Crippen LogP contribution in [0.2, 0.25) is 0 Å². The molecule has 0 aliphatic heterocycles. The number of methoxy groups -OCH3 is 2. The van der Waals surface area contributed by atoms with Gasteiger partial charge in [0.2, 0.25) is 0 Å². The van der Waals surface area contributed by atoms with Gasteiger partial charge in [-0.25, -0.2) is 0 Å². The van der Waals surface area contributed by atoms with Crippen molar-refractivity contribution in [1.29, 1.82) is 0 Å². The van der Waals surface area contributed by atoms with Gasteiger partial charge in [-0.1, -0.05) is 18.2 Å². The number of para-hydroxylation sites is 1. The van der Waals surface area contributed by atoms with Gasteiger partial charge in [-0.3, -0.25) is 9.69 Å². The number of hydrogen-bond donors (Lipinski definition) is 1. The Hall–Kier alpha value is -2.79. The number of nitrogens with zero attached hydrogens (tertiary/aromatic N) is 1.